The van der Waals surface area contributed by atoms with Crippen LogP contribution in [-0.4, -0.2) is 80.5 Å². The number of rotatable bonds is 38. The van der Waals surface area contributed by atoms with Crippen LogP contribution >= 0.6 is 0 Å². The van der Waals surface area contributed by atoms with Crippen LogP contribution in [0.3, 0.4) is 0 Å². The molecule has 0 saturated heterocycles. The van der Waals surface area contributed by atoms with Crippen LogP contribution < -0.4 is 50.3 Å². The summed E-state index contributed by atoms with van der Waals surface area (Å²) >= 11 is 0. The average Bonchev–Trinajstić information content (AvgIpc) is 3.16. The van der Waals surface area contributed by atoms with Gasteiger partial charge in [0.25, 0.3) is 0 Å². The lowest BCUT2D eigenvalue weighted by atomic mass is 10.1. The van der Waals surface area contributed by atoms with Gasteiger partial charge in [0.05, 0.1) is 0 Å². The SMILES string of the molecule is NCCCCCCCCCCCC(=O)NC(CCCCN)C(=O)NCCCCCCCC(=O)NC(CCCCN)C(=O)ONC(CCCCN)C(=O)ON. The van der Waals surface area contributed by atoms with Crippen molar-refractivity contribution in [3.05, 3.63) is 0 Å². The lowest BCUT2D eigenvalue weighted by Gasteiger charge is -2.20. The van der Waals surface area contributed by atoms with Gasteiger partial charge in [0.1, 0.15) is 18.1 Å². The molecule has 0 aromatic rings. The minimum absolute atomic E-state index is 0.0824. The van der Waals surface area contributed by atoms with Gasteiger partial charge in [-0.25, -0.2) is 9.59 Å². The van der Waals surface area contributed by atoms with E-state index in [1.807, 2.05) is 0 Å². The molecule has 0 aliphatic rings. The zero-order valence-corrected chi connectivity index (χ0v) is 33.2. The number of hydroxylamine groups is 1. The van der Waals surface area contributed by atoms with Crippen molar-refractivity contribution in [1.82, 2.24) is 21.4 Å². The molecule has 3 atom stereocenters. The van der Waals surface area contributed by atoms with Crippen LogP contribution in [-0.2, 0) is 33.6 Å². The zero-order chi connectivity index (χ0) is 40.1. The lowest BCUT2D eigenvalue weighted by molar-refractivity contribution is -0.163. The van der Waals surface area contributed by atoms with Crippen LogP contribution in [0.5, 0.6) is 0 Å². The van der Waals surface area contributed by atoms with Gasteiger partial charge in [0, 0.05) is 19.4 Å². The first-order valence-corrected chi connectivity index (χ1v) is 20.8. The summed E-state index contributed by atoms with van der Waals surface area (Å²) in [4.78, 5) is 72.5. The van der Waals surface area contributed by atoms with Crippen molar-refractivity contribution < 1.29 is 33.6 Å². The van der Waals surface area contributed by atoms with Gasteiger partial charge in [-0.2, -0.15) is 5.90 Å². The first-order valence-electron chi connectivity index (χ1n) is 20.8. The molecule has 0 fully saturated rings. The van der Waals surface area contributed by atoms with Crippen molar-refractivity contribution >= 4 is 29.7 Å². The molecule has 0 spiro atoms. The van der Waals surface area contributed by atoms with Crippen LogP contribution in [0.2, 0.25) is 0 Å². The van der Waals surface area contributed by atoms with E-state index in [4.69, 9.17) is 33.7 Å². The Bertz CT molecular complexity index is 977. The Kier molecular flexibility index (Phi) is 35.1. The summed E-state index contributed by atoms with van der Waals surface area (Å²) in [6.07, 6.45) is 20.1. The Morgan fingerprint density at radius 1 is 0.444 bits per heavy atom. The van der Waals surface area contributed by atoms with E-state index < -0.39 is 30.1 Å². The fourth-order valence-electron chi connectivity index (χ4n) is 5.98. The molecule has 0 aliphatic heterocycles. The second-order valence-corrected chi connectivity index (χ2v) is 14.2. The number of unbranched alkanes of at least 4 members (excludes halogenated alkanes) is 15. The summed E-state index contributed by atoms with van der Waals surface area (Å²) in [7, 11) is 0. The van der Waals surface area contributed by atoms with E-state index in [0.29, 0.717) is 84.0 Å². The summed E-state index contributed by atoms with van der Waals surface area (Å²) in [5.41, 5.74) is 24.7. The van der Waals surface area contributed by atoms with Crippen molar-refractivity contribution in [2.24, 2.45) is 28.8 Å². The van der Waals surface area contributed by atoms with Crippen molar-refractivity contribution in [2.45, 2.75) is 179 Å². The van der Waals surface area contributed by atoms with Gasteiger partial charge in [-0.3, -0.25) is 14.4 Å². The van der Waals surface area contributed by atoms with E-state index in [1.165, 1.54) is 32.1 Å². The minimum Gasteiger partial charge on any atom is -0.372 e. The van der Waals surface area contributed by atoms with Crippen molar-refractivity contribution in [2.75, 3.05) is 32.7 Å². The first kappa shape index (κ1) is 51.1. The predicted octanol–water partition coefficient (Wildman–Crippen LogP) is 2.49. The molecular weight excluding hydrogens is 694 g/mol. The second kappa shape index (κ2) is 37.1. The lowest BCUT2D eigenvalue weighted by Crippen LogP contribution is -2.47. The summed E-state index contributed by atoms with van der Waals surface area (Å²) < 4.78 is 0. The molecule has 3 amide bonds. The molecule has 0 aliphatic carbocycles. The quantitative estimate of drug-likeness (QED) is 0.0323. The standard InChI is InChI=1S/C38H77N9O7/c39-26-16-9-5-3-1-2-4-7-11-24-34(48)45-31(21-13-17-27-40)36(50)44-30-20-10-6-8-12-25-35(49)46-32(22-14-18-28-41)38(52)54-47-33(37(51)53-43)23-15-19-29-42/h31-33,47H,1-30,39-43H2,(H,44,50)(H,45,48)(H,46,49). The van der Waals surface area contributed by atoms with E-state index in [2.05, 4.69) is 26.3 Å². The van der Waals surface area contributed by atoms with E-state index in [0.717, 1.165) is 70.8 Å². The molecule has 0 bridgehead atoms. The van der Waals surface area contributed by atoms with E-state index >= 15 is 0 Å². The Balaban J connectivity index is 4.47. The number of hydrogen-bond donors (Lipinski definition) is 9. The summed E-state index contributed by atoms with van der Waals surface area (Å²) in [6, 6.07) is -2.42. The molecule has 16 nitrogen and oxygen atoms in total. The highest BCUT2D eigenvalue weighted by molar-refractivity contribution is 5.87. The number of carbonyl (C=O) groups excluding carboxylic acids is 5. The third-order valence-corrected chi connectivity index (χ3v) is 9.30. The number of hydrogen-bond acceptors (Lipinski definition) is 13. The maximum Gasteiger partial charge on any atom is 0.347 e. The monoisotopic (exact) mass is 772 g/mol. The zero-order valence-electron chi connectivity index (χ0n) is 33.2. The van der Waals surface area contributed by atoms with E-state index in [-0.39, 0.29) is 24.1 Å². The second-order valence-electron chi connectivity index (χ2n) is 14.2. The van der Waals surface area contributed by atoms with Gasteiger partial charge in [0.2, 0.25) is 17.7 Å². The van der Waals surface area contributed by atoms with Crippen molar-refractivity contribution in [3.63, 3.8) is 0 Å². The van der Waals surface area contributed by atoms with Gasteiger partial charge in [-0.15, -0.1) is 5.48 Å². The first-order chi connectivity index (χ1) is 26.2. The Labute approximate surface area is 324 Å². The molecule has 14 N–H and O–H groups in total. The topological polar surface area (TPSA) is 282 Å². The van der Waals surface area contributed by atoms with Gasteiger partial charge < -0.3 is 48.6 Å². The fraction of sp³-hybridized carbons (Fsp3) is 0.868. The van der Waals surface area contributed by atoms with Gasteiger partial charge in [-0.05, 0) is 110 Å². The molecule has 0 rings (SSSR count). The molecule has 0 heterocycles. The van der Waals surface area contributed by atoms with Crippen LogP contribution in [0.1, 0.15) is 161 Å². The fourth-order valence-corrected chi connectivity index (χ4v) is 5.98. The summed E-state index contributed by atoms with van der Waals surface area (Å²) in [6.45, 7) is 2.72. The van der Waals surface area contributed by atoms with Crippen LogP contribution in [0.15, 0.2) is 0 Å². The predicted molar refractivity (Wildman–Crippen MR) is 212 cm³/mol. The number of nitrogens with one attached hydrogen (secondary N) is 4. The average molecular weight is 772 g/mol. The summed E-state index contributed by atoms with van der Waals surface area (Å²) in [5, 5.41) is 8.67. The Morgan fingerprint density at radius 3 is 1.31 bits per heavy atom. The third kappa shape index (κ3) is 29.5. The van der Waals surface area contributed by atoms with Crippen LogP contribution in [0, 0.1) is 0 Å². The van der Waals surface area contributed by atoms with Crippen LogP contribution in [0.4, 0.5) is 0 Å². The highest BCUT2D eigenvalue weighted by Gasteiger charge is 2.26. The molecule has 0 saturated carbocycles. The van der Waals surface area contributed by atoms with Crippen molar-refractivity contribution in [3.8, 4) is 0 Å². The molecule has 0 aromatic heterocycles. The maximum atomic E-state index is 12.9. The molecular formula is C38H77N9O7. The minimum atomic E-state index is -0.954. The molecule has 16 heteroatoms. The van der Waals surface area contributed by atoms with Crippen LogP contribution in [0.25, 0.3) is 0 Å². The molecule has 0 radical (unpaired) electrons. The van der Waals surface area contributed by atoms with Crippen molar-refractivity contribution in [1.29, 1.82) is 0 Å². The molecule has 316 valence electrons. The Hall–Kier alpha value is -2.89. The smallest absolute Gasteiger partial charge is 0.347 e. The highest BCUT2D eigenvalue weighted by Crippen LogP contribution is 2.12. The third-order valence-electron chi connectivity index (χ3n) is 9.30. The Morgan fingerprint density at radius 2 is 0.833 bits per heavy atom. The number of nitrogens with two attached hydrogens (primary N) is 5. The van der Waals surface area contributed by atoms with E-state index in [9.17, 15) is 24.0 Å². The van der Waals surface area contributed by atoms with E-state index in [1.54, 1.807) is 0 Å². The number of amides is 3. The normalized spacial score (nSPS) is 12.8. The number of carbonyl (C=O) groups is 5. The highest BCUT2D eigenvalue weighted by atomic mass is 16.7. The molecule has 0 aromatic carbocycles. The molecule has 3 unspecified atom stereocenters. The molecule has 54 heavy (non-hydrogen) atoms. The maximum absolute atomic E-state index is 12.9. The summed E-state index contributed by atoms with van der Waals surface area (Å²) in [5.74, 6) is 3.00. The van der Waals surface area contributed by atoms with Gasteiger partial charge >= 0.3 is 11.9 Å². The van der Waals surface area contributed by atoms with Gasteiger partial charge in [0.15, 0.2) is 0 Å². The largest absolute Gasteiger partial charge is 0.372 e. The van der Waals surface area contributed by atoms with Gasteiger partial charge in [-0.1, -0.05) is 64.2 Å².